The third-order valence-electron chi connectivity index (χ3n) is 3.73. The molecule has 1 N–H and O–H groups in total. The van der Waals surface area contributed by atoms with Gasteiger partial charge in [0.15, 0.2) is 0 Å². The third kappa shape index (κ3) is 4.54. The molecule has 2 aromatic carbocycles. The molecule has 0 aliphatic heterocycles. The van der Waals surface area contributed by atoms with E-state index >= 15 is 0 Å². The van der Waals surface area contributed by atoms with Crippen LogP contribution >= 0.6 is 0 Å². The summed E-state index contributed by atoms with van der Waals surface area (Å²) in [4.78, 5) is 14.4. The van der Waals surface area contributed by atoms with Gasteiger partial charge < -0.3 is 19.7 Å². The molecule has 0 saturated heterocycles. The number of nitriles is 1. The van der Waals surface area contributed by atoms with E-state index in [0.717, 1.165) is 5.69 Å². The summed E-state index contributed by atoms with van der Waals surface area (Å²) in [6, 6.07) is 16.6. The number of nitrogens with one attached hydrogen (secondary N) is 1. The first kappa shape index (κ1) is 18.9. The molecule has 0 aromatic heterocycles. The summed E-state index contributed by atoms with van der Waals surface area (Å²) in [5.41, 5.74) is 1.32. The van der Waals surface area contributed by atoms with Gasteiger partial charge in [0.1, 0.15) is 23.1 Å². The number of amides is 1. The number of carbonyl (C=O) groups is 1. The summed E-state index contributed by atoms with van der Waals surface area (Å²) >= 11 is 0. The van der Waals surface area contributed by atoms with Gasteiger partial charge in [-0.1, -0.05) is 18.2 Å². The Kier molecular flexibility index (Phi) is 6.63. The van der Waals surface area contributed by atoms with E-state index in [1.54, 1.807) is 18.2 Å². The molecule has 6 heteroatoms. The quantitative estimate of drug-likeness (QED) is 0.610. The van der Waals surface area contributed by atoms with Crippen molar-refractivity contribution < 1.29 is 14.3 Å². The van der Waals surface area contributed by atoms with Crippen LogP contribution in [-0.4, -0.2) is 26.7 Å². The van der Waals surface area contributed by atoms with E-state index in [-0.39, 0.29) is 5.57 Å². The molecule has 0 atom stereocenters. The summed E-state index contributed by atoms with van der Waals surface area (Å²) in [6.45, 7) is 2.56. The Morgan fingerprint density at radius 2 is 1.92 bits per heavy atom. The topological polar surface area (TPSA) is 74.6 Å². The number of hydrogen-bond acceptors (Lipinski definition) is 5. The molecule has 2 aromatic rings. The van der Waals surface area contributed by atoms with Crippen LogP contribution in [-0.2, 0) is 4.79 Å². The molecular formula is C20H21N3O3. The number of carbonyl (C=O) groups excluding carboxylic acids is 1. The highest BCUT2D eigenvalue weighted by Gasteiger charge is 2.15. The molecule has 0 radical (unpaired) electrons. The van der Waals surface area contributed by atoms with Crippen LogP contribution < -0.4 is 19.7 Å². The highest BCUT2D eigenvalue weighted by Crippen LogP contribution is 2.29. The van der Waals surface area contributed by atoms with Crippen molar-refractivity contribution in [3.05, 3.63) is 60.3 Å². The smallest absolute Gasteiger partial charge is 0.267 e. The van der Waals surface area contributed by atoms with Crippen LogP contribution in [0.3, 0.4) is 0 Å². The third-order valence-corrected chi connectivity index (χ3v) is 3.73. The normalized spacial score (nSPS) is 10.6. The van der Waals surface area contributed by atoms with Gasteiger partial charge >= 0.3 is 0 Å². The summed E-state index contributed by atoms with van der Waals surface area (Å²) in [5, 5.41) is 12.1. The van der Waals surface area contributed by atoms with Crippen molar-refractivity contribution in [1.29, 1.82) is 5.26 Å². The maximum atomic E-state index is 12.6. The zero-order chi connectivity index (χ0) is 18.9. The van der Waals surface area contributed by atoms with E-state index in [1.165, 1.54) is 20.4 Å². The molecule has 0 unspecified atom stereocenters. The molecule has 0 fully saturated rings. The second-order valence-electron chi connectivity index (χ2n) is 5.30. The molecule has 134 valence electrons. The van der Waals surface area contributed by atoms with E-state index in [2.05, 4.69) is 5.32 Å². The number of anilines is 2. The zero-order valence-corrected chi connectivity index (χ0v) is 15.0. The molecule has 0 spiro atoms. The average Bonchev–Trinajstić information content (AvgIpc) is 2.69. The predicted molar refractivity (Wildman–Crippen MR) is 101 cm³/mol. The van der Waals surface area contributed by atoms with E-state index in [4.69, 9.17) is 9.47 Å². The van der Waals surface area contributed by atoms with Crippen LogP contribution in [0.5, 0.6) is 11.5 Å². The Morgan fingerprint density at radius 3 is 2.50 bits per heavy atom. The molecule has 26 heavy (non-hydrogen) atoms. The Bertz CT molecular complexity index is 826. The van der Waals surface area contributed by atoms with Crippen molar-refractivity contribution in [2.24, 2.45) is 0 Å². The van der Waals surface area contributed by atoms with Gasteiger partial charge in [-0.05, 0) is 31.2 Å². The molecule has 0 aliphatic rings. The maximum absolute atomic E-state index is 12.6. The Morgan fingerprint density at radius 1 is 1.19 bits per heavy atom. The standard InChI is InChI=1S/C20H21N3O3/c1-4-23(16-8-6-5-7-9-16)14-15(13-21)20(24)22-18-12-17(25-2)10-11-19(18)26-3/h5-12,14H,4H2,1-3H3,(H,22,24)/b15-14-. The number of para-hydroxylation sites is 1. The molecule has 0 bridgehead atoms. The van der Waals surface area contributed by atoms with Crippen molar-refractivity contribution >= 4 is 17.3 Å². The monoisotopic (exact) mass is 351 g/mol. The van der Waals surface area contributed by atoms with E-state index < -0.39 is 5.91 Å². The lowest BCUT2D eigenvalue weighted by Gasteiger charge is -2.19. The van der Waals surface area contributed by atoms with Gasteiger partial charge in [0.25, 0.3) is 5.91 Å². The van der Waals surface area contributed by atoms with Crippen molar-refractivity contribution in [3.63, 3.8) is 0 Å². The van der Waals surface area contributed by atoms with Crippen LogP contribution in [0.15, 0.2) is 60.3 Å². The summed E-state index contributed by atoms with van der Waals surface area (Å²) in [7, 11) is 3.04. The minimum Gasteiger partial charge on any atom is -0.497 e. The summed E-state index contributed by atoms with van der Waals surface area (Å²) in [6.07, 6.45) is 1.54. The molecule has 1 amide bonds. The number of methoxy groups -OCH3 is 2. The lowest BCUT2D eigenvalue weighted by Crippen LogP contribution is -2.20. The lowest BCUT2D eigenvalue weighted by atomic mass is 10.2. The van der Waals surface area contributed by atoms with Crippen LogP contribution in [0.4, 0.5) is 11.4 Å². The van der Waals surface area contributed by atoms with Crippen molar-refractivity contribution in [2.45, 2.75) is 6.92 Å². The number of hydrogen-bond donors (Lipinski definition) is 1. The van der Waals surface area contributed by atoms with Crippen LogP contribution in [0, 0.1) is 11.3 Å². The van der Waals surface area contributed by atoms with Crippen LogP contribution in [0.25, 0.3) is 0 Å². The van der Waals surface area contributed by atoms with E-state index in [0.29, 0.717) is 23.7 Å². The minimum absolute atomic E-state index is 0.0134. The van der Waals surface area contributed by atoms with Gasteiger partial charge in [0.2, 0.25) is 0 Å². The fraction of sp³-hybridized carbons (Fsp3) is 0.200. The molecule has 0 aliphatic carbocycles. The Balaban J connectivity index is 2.28. The van der Waals surface area contributed by atoms with Gasteiger partial charge in [0, 0.05) is 24.5 Å². The van der Waals surface area contributed by atoms with Gasteiger partial charge in [0.05, 0.1) is 19.9 Å². The van der Waals surface area contributed by atoms with Crippen molar-refractivity contribution in [2.75, 3.05) is 31.0 Å². The molecule has 0 heterocycles. The second kappa shape index (κ2) is 9.14. The second-order valence-corrected chi connectivity index (χ2v) is 5.30. The van der Waals surface area contributed by atoms with Gasteiger partial charge in [-0.25, -0.2) is 0 Å². The highest BCUT2D eigenvalue weighted by atomic mass is 16.5. The number of nitrogens with zero attached hydrogens (tertiary/aromatic N) is 2. The Hall–Kier alpha value is -3.46. The molecular weight excluding hydrogens is 330 g/mol. The first-order chi connectivity index (χ1) is 12.6. The molecule has 2 rings (SSSR count). The first-order valence-corrected chi connectivity index (χ1v) is 8.10. The first-order valence-electron chi connectivity index (χ1n) is 8.10. The lowest BCUT2D eigenvalue weighted by molar-refractivity contribution is -0.112. The minimum atomic E-state index is -0.520. The Labute approximate surface area is 153 Å². The highest BCUT2D eigenvalue weighted by molar-refractivity contribution is 6.07. The number of benzene rings is 2. The maximum Gasteiger partial charge on any atom is 0.267 e. The fourth-order valence-electron chi connectivity index (χ4n) is 2.36. The van der Waals surface area contributed by atoms with E-state index in [9.17, 15) is 10.1 Å². The van der Waals surface area contributed by atoms with Crippen LogP contribution in [0.1, 0.15) is 6.92 Å². The number of rotatable bonds is 7. The number of ether oxygens (including phenoxy) is 2. The molecule has 0 saturated carbocycles. The van der Waals surface area contributed by atoms with Gasteiger partial charge in [-0.2, -0.15) is 5.26 Å². The summed E-state index contributed by atoms with van der Waals surface area (Å²) in [5.74, 6) is 0.531. The largest absolute Gasteiger partial charge is 0.497 e. The zero-order valence-electron chi connectivity index (χ0n) is 15.0. The van der Waals surface area contributed by atoms with E-state index in [1.807, 2.05) is 48.2 Å². The average molecular weight is 351 g/mol. The van der Waals surface area contributed by atoms with Crippen molar-refractivity contribution in [1.82, 2.24) is 0 Å². The van der Waals surface area contributed by atoms with Crippen LogP contribution in [0.2, 0.25) is 0 Å². The SMILES string of the molecule is CCN(/C=C(/C#N)C(=O)Nc1cc(OC)ccc1OC)c1ccccc1. The molecule has 6 nitrogen and oxygen atoms in total. The fourth-order valence-corrected chi connectivity index (χ4v) is 2.36. The van der Waals surface area contributed by atoms with Gasteiger partial charge in [-0.15, -0.1) is 0 Å². The van der Waals surface area contributed by atoms with Gasteiger partial charge in [-0.3, -0.25) is 4.79 Å². The predicted octanol–water partition coefficient (Wildman–Crippen LogP) is 3.58. The summed E-state index contributed by atoms with van der Waals surface area (Å²) < 4.78 is 10.4. The van der Waals surface area contributed by atoms with Crippen molar-refractivity contribution in [3.8, 4) is 17.6 Å².